The molecule has 0 spiro atoms. The smallest absolute Gasteiger partial charge is 0.280 e. The highest BCUT2D eigenvalue weighted by molar-refractivity contribution is 9.10. The Bertz CT molecular complexity index is 1280. The van der Waals surface area contributed by atoms with Gasteiger partial charge in [0.1, 0.15) is 11.1 Å². The Labute approximate surface area is 221 Å². The molecule has 178 valence electrons. The van der Waals surface area contributed by atoms with Crippen LogP contribution in [0.2, 0.25) is 0 Å². The van der Waals surface area contributed by atoms with Crippen LogP contribution in [0.3, 0.4) is 0 Å². The van der Waals surface area contributed by atoms with Gasteiger partial charge in [-0.3, -0.25) is 25.1 Å². The summed E-state index contributed by atoms with van der Waals surface area (Å²) >= 11 is 8.15. The van der Waals surface area contributed by atoms with E-state index in [9.17, 15) is 19.7 Å². The molecular weight excluding hydrogens is 602 g/mol. The molecule has 0 bridgehead atoms. The minimum atomic E-state index is -0.538. The first-order valence-electron chi connectivity index (χ1n) is 10.2. The van der Waals surface area contributed by atoms with Crippen LogP contribution in [0.4, 0.5) is 5.69 Å². The highest BCUT2D eigenvalue weighted by Gasteiger charge is 2.38. The van der Waals surface area contributed by atoms with Gasteiger partial charge < -0.3 is 4.74 Å². The Morgan fingerprint density at radius 1 is 1.03 bits per heavy atom. The minimum absolute atomic E-state index is 0.0797. The molecule has 1 fully saturated rings. The summed E-state index contributed by atoms with van der Waals surface area (Å²) in [5.74, 6) is -0.577. The number of rotatable bonds is 7. The molecule has 8 nitrogen and oxygen atoms in total. The SMILES string of the molecule is O=C(COc1ccc([N+](=O)[O-])cc1)NN1C(=O)/C(=C\c2ccc(Br)cc2)SC1c1ccc(Br)cc1. The van der Waals surface area contributed by atoms with Crippen molar-refractivity contribution >= 4 is 67.2 Å². The lowest BCUT2D eigenvalue weighted by Gasteiger charge is -2.24. The number of non-ortho nitro benzene ring substituents is 1. The lowest BCUT2D eigenvalue weighted by Crippen LogP contribution is -2.46. The van der Waals surface area contributed by atoms with Crippen molar-refractivity contribution < 1.29 is 19.2 Å². The quantitative estimate of drug-likeness (QED) is 0.203. The summed E-state index contributed by atoms with van der Waals surface area (Å²) in [6.45, 7) is -0.370. The van der Waals surface area contributed by atoms with Crippen molar-refractivity contribution in [3.8, 4) is 5.75 Å². The Hall–Kier alpha value is -3.15. The Morgan fingerprint density at radius 2 is 1.63 bits per heavy atom. The monoisotopic (exact) mass is 617 g/mol. The minimum Gasteiger partial charge on any atom is -0.484 e. The first-order chi connectivity index (χ1) is 16.8. The number of hydrogen-bond donors (Lipinski definition) is 1. The molecule has 0 saturated carbocycles. The average Bonchev–Trinajstić information content (AvgIpc) is 3.14. The molecule has 0 aliphatic carbocycles. The van der Waals surface area contributed by atoms with E-state index in [0.29, 0.717) is 10.7 Å². The number of nitro benzene ring substituents is 1. The molecular formula is C24H17Br2N3O5S. The van der Waals surface area contributed by atoms with Gasteiger partial charge in [-0.05, 0) is 53.6 Å². The second-order valence-corrected chi connectivity index (χ2v) is 10.3. The van der Waals surface area contributed by atoms with E-state index in [1.807, 2.05) is 48.5 Å². The van der Waals surface area contributed by atoms with Crippen LogP contribution in [-0.4, -0.2) is 28.4 Å². The largest absolute Gasteiger partial charge is 0.484 e. The lowest BCUT2D eigenvalue weighted by molar-refractivity contribution is -0.384. The summed E-state index contributed by atoms with van der Waals surface area (Å²) in [6, 6.07) is 20.4. The number of thioether (sulfide) groups is 1. The van der Waals surface area contributed by atoms with Gasteiger partial charge in [0.15, 0.2) is 6.61 Å². The molecule has 0 radical (unpaired) electrons. The molecule has 1 unspecified atom stereocenters. The summed E-state index contributed by atoms with van der Waals surface area (Å²) in [6.07, 6.45) is 1.78. The standard InChI is InChI=1S/C24H17Br2N3O5S/c25-17-5-1-15(2-6-17)13-21-23(31)28(24(35-21)16-3-7-18(26)8-4-16)27-22(30)14-34-20-11-9-19(10-12-20)29(32)33/h1-13,24H,14H2,(H,27,30)/b21-13+. The van der Waals surface area contributed by atoms with E-state index in [0.717, 1.165) is 20.1 Å². The molecule has 2 amide bonds. The van der Waals surface area contributed by atoms with Gasteiger partial charge in [-0.2, -0.15) is 0 Å². The second kappa shape index (κ2) is 11.1. The number of carbonyl (C=O) groups is 2. The van der Waals surface area contributed by atoms with E-state index in [1.54, 1.807) is 6.08 Å². The maximum absolute atomic E-state index is 13.2. The number of halogens is 2. The number of amides is 2. The van der Waals surface area contributed by atoms with Crippen LogP contribution in [0.5, 0.6) is 5.75 Å². The second-order valence-electron chi connectivity index (χ2n) is 7.33. The Morgan fingerprint density at radius 3 is 2.23 bits per heavy atom. The highest BCUT2D eigenvalue weighted by Crippen LogP contribution is 2.45. The van der Waals surface area contributed by atoms with Gasteiger partial charge in [-0.1, -0.05) is 67.9 Å². The molecule has 1 saturated heterocycles. The van der Waals surface area contributed by atoms with Crippen LogP contribution in [0.15, 0.2) is 86.6 Å². The van der Waals surface area contributed by atoms with Crippen LogP contribution in [-0.2, 0) is 9.59 Å². The maximum atomic E-state index is 13.2. The van der Waals surface area contributed by atoms with Crippen molar-refractivity contribution in [2.24, 2.45) is 0 Å². The Kier molecular flexibility index (Phi) is 7.89. The fraction of sp³-hybridized carbons (Fsp3) is 0.0833. The third-order valence-corrected chi connectivity index (χ3v) is 7.20. The lowest BCUT2D eigenvalue weighted by atomic mass is 10.2. The highest BCUT2D eigenvalue weighted by atomic mass is 79.9. The van der Waals surface area contributed by atoms with E-state index in [4.69, 9.17) is 4.74 Å². The normalized spacial score (nSPS) is 16.4. The zero-order chi connectivity index (χ0) is 24.9. The fourth-order valence-corrected chi connectivity index (χ4v) is 4.91. The molecule has 3 aromatic rings. The number of benzene rings is 3. The molecule has 11 heteroatoms. The molecule has 1 N–H and O–H groups in total. The number of carbonyl (C=O) groups excluding carboxylic acids is 2. The number of nitro groups is 1. The third-order valence-electron chi connectivity index (χ3n) is 4.89. The molecule has 1 heterocycles. The fourth-order valence-electron chi connectivity index (χ4n) is 3.19. The van der Waals surface area contributed by atoms with Gasteiger partial charge in [0.2, 0.25) is 0 Å². The number of hydrazine groups is 1. The zero-order valence-corrected chi connectivity index (χ0v) is 21.9. The van der Waals surface area contributed by atoms with Crippen molar-refractivity contribution in [1.82, 2.24) is 10.4 Å². The van der Waals surface area contributed by atoms with Crippen LogP contribution < -0.4 is 10.2 Å². The number of hydrogen-bond acceptors (Lipinski definition) is 6. The predicted molar refractivity (Wildman–Crippen MR) is 140 cm³/mol. The van der Waals surface area contributed by atoms with Gasteiger partial charge in [0.05, 0.1) is 9.83 Å². The van der Waals surface area contributed by atoms with E-state index in [1.165, 1.54) is 41.0 Å². The van der Waals surface area contributed by atoms with Gasteiger partial charge in [-0.25, -0.2) is 5.01 Å². The molecule has 1 aliphatic heterocycles. The van der Waals surface area contributed by atoms with E-state index >= 15 is 0 Å². The van der Waals surface area contributed by atoms with Crippen LogP contribution >= 0.6 is 43.6 Å². The zero-order valence-electron chi connectivity index (χ0n) is 17.9. The van der Waals surface area contributed by atoms with Gasteiger partial charge in [0, 0.05) is 21.1 Å². The van der Waals surface area contributed by atoms with Crippen molar-refractivity contribution in [2.75, 3.05) is 6.61 Å². The predicted octanol–water partition coefficient (Wildman–Crippen LogP) is 5.85. The first kappa shape index (κ1) is 25.0. The van der Waals surface area contributed by atoms with Gasteiger partial charge in [0.25, 0.3) is 17.5 Å². The summed E-state index contributed by atoms with van der Waals surface area (Å²) in [4.78, 5) is 36.6. The van der Waals surface area contributed by atoms with Crippen LogP contribution in [0.25, 0.3) is 6.08 Å². The average molecular weight is 619 g/mol. The number of ether oxygens (including phenoxy) is 1. The van der Waals surface area contributed by atoms with Crippen molar-refractivity contribution in [3.63, 3.8) is 0 Å². The maximum Gasteiger partial charge on any atom is 0.280 e. The van der Waals surface area contributed by atoms with E-state index < -0.39 is 16.2 Å². The van der Waals surface area contributed by atoms with E-state index in [2.05, 4.69) is 37.3 Å². The van der Waals surface area contributed by atoms with Gasteiger partial charge >= 0.3 is 0 Å². The van der Waals surface area contributed by atoms with Crippen LogP contribution in [0.1, 0.15) is 16.5 Å². The first-order valence-corrected chi connectivity index (χ1v) is 12.7. The molecule has 1 aliphatic rings. The Balaban J connectivity index is 1.50. The summed E-state index contributed by atoms with van der Waals surface area (Å²) < 4.78 is 7.26. The molecule has 1 atom stereocenters. The summed E-state index contributed by atoms with van der Waals surface area (Å²) in [5, 5.41) is 11.6. The van der Waals surface area contributed by atoms with E-state index in [-0.39, 0.29) is 18.2 Å². The summed E-state index contributed by atoms with van der Waals surface area (Å²) in [5.41, 5.74) is 4.26. The number of nitrogens with one attached hydrogen (secondary N) is 1. The van der Waals surface area contributed by atoms with Gasteiger partial charge in [-0.15, -0.1) is 0 Å². The van der Waals surface area contributed by atoms with Crippen molar-refractivity contribution in [3.05, 3.63) is 108 Å². The number of nitrogens with zero attached hydrogens (tertiary/aromatic N) is 2. The third kappa shape index (κ3) is 6.30. The topological polar surface area (TPSA) is 102 Å². The molecule has 35 heavy (non-hydrogen) atoms. The molecule has 0 aromatic heterocycles. The summed E-state index contributed by atoms with van der Waals surface area (Å²) in [7, 11) is 0. The molecule has 4 rings (SSSR count). The van der Waals surface area contributed by atoms with Crippen molar-refractivity contribution in [1.29, 1.82) is 0 Å². The molecule has 3 aromatic carbocycles. The van der Waals surface area contributed by atoms with Crippen LogP contribution in [0, 0.1) is 10.1 Å². The van der Waals surface area contributed by atoms with Crippen molar-refractivity contribution in [2.45, 2.75) is 5.37 Å².